The van der Waals surface area contributed by atoms with Crippen molar-refractivity contribution in [3.63, 3.8) is 0 Å². The summed E-state index contributed by atoms with van der Waals surface area (Å²) < 4.78 is 5.02. The van der Waals surface area contributed by atoms with Crippen LogP contribution in [0.3, 0.4) is 0 Å². The lowest BCUT2D eigenvalue weighted by atomic mass is 10.0. The molecular formula is C21H29N3O4. The monoisotopic (exact) mass is 387 g/mol. The van der Waals surface area contributed by atoms with Gasteiger partial charge in [-0.3, -0.25) is 9.59 Å². The summed E-state index contributed by atoms with van der Waals surface area (Å²) in [5.74, 6) is -0.338. The predicted molar refractivity (Wildman–Crippen MR) is 104 cm³/mol. The Labute approximate surface area is 166 Å². The number of benzene rings is 1. The van der Waals surface area contributed by atoms with Crippen LogP contribution >= 0.6 is 0 Å². The zero-order valence-electron chi connectivity index (χ0n) is 16.6. The third-order valence-electron chi connectivity index (χ3n) is 5.58. The Balaban J connectivity index is 1.47. The van der Waals surface area contributed by atoms with E-state index in [1.807, 2.05) is 31.2 Å². The fourth-order valence-electron chi connectivity index (χ4n) is 3.83. The molecule has 0 aromatic heterocycles. The third-order valence-corrected chi connectivity index (χ3v) is 5.58. The molecule has 3 rings (SSSR count). The molecule has 1 atom stereocenters. The molecule has 3 amide bonds. The van der Waals surface area contributed by atoms with Gasteiger partial charge in [-0.15, -0.1) is 0 Å². The van der Waals surface area contributed by atoms with Gasteiger partial charge in [-0.2, -0.15) is 0 Å². The largest absolute Gasteiger partial charge is 0.450 e. The van der Waals surface area contributed by atoms with Crippen LogP contribution in [0.15, 0.2) is 24.3 Å². The van der Waals surface area contributed by atoms with Crippen LogP contribution in [-0.2, 0) is 20.9 Å². The minimum atomic E-state index is -0.306. The number of carbonyl (C=O) groups is 3. The van der Waals surface area contributed by atoms with E-state index < -0.39 is 0 Å². The zero-order chi connectivity index (χ0) is 20.1. The van der Waals surface area contributed by atoms with E-state index in [1.54, 1.807) is 16.7 Å². The molecule has 7 nitrogen and oxygen atoms in total. The van der Waals surface area contributed by atoms with Crippen LogP contribution in [0.2, 0.25) is 0 Å². The Morgan fingerprint density at radius 2 is 1.93 bits per heavy atom. The highest BCUT2D eigenvalue weighted by Gasteiger charge is 2.35. The summed E-state index contributed by atoms with van der Waals surface area (Å²) in [6.45, 7) is 6.34. The van der Waals surface area contributed by atoms with Gasteiger partial charge in [-0.05, 0) is 37.8 Å². The molecule has 152 valence electrons. The van der Waals surface area contributed by atoms with Gasteiger partial charge in [0.25, 0.3) is 0 Å². The highest BCUT2D eigenvalue weighted by Crippen LogP contribution is 2.22. The summed E-state index contributed by atoms with van der Waals surface area (Å²) in [6, 6.07) is 8.04. The number of amides is 3. The number of nitrogens with zero attached hydrogens (tertiary/aromatic N) is 2. The molecule has 2 fully saturated rings. The summed E-state index contributed by atoms with van der Waals surface area (Å²) in [5.41, 5.74) is 2.26. The van der Waals surface area contributed by atoms with Crippen LogP contribution in [0.5, 0.6) is 0 Å². The molecule has 1 N–H and O–H groups in total. The average Bonchev–Trinajstić information content (AvgIpc) is 3.05. The van der Waals surface area contributed by atoms with Crippen LogP contribution in [0.1, 0.15) is 37.3 Å². The number of hydrogen-bond acceptors (Lipinski definition) is 4. The molecule has 2 heterocycles. The van der Waals surface area contributed by atoms with Gasteiger partial charge in [-0.1, -0.05) is 24.3 Å². The number of likely N-dealkylation sites (tertiary alicyclic amines) is 2. The number of piperidine rings is 1. The molecule has 0 bridgehead atoms. The van der Waals surface area contributed by atoms with E-state index in [1.165, 1.54) is 0 Å². The Morgan fingerprint density at radius 3 is 2.61 bits per heavy atom. The third kappa shape index (κ3) is 4.82. The van der Waals surface area contributed by atoms with E-state index in [0.717, 1.165) is 11.1 Å². The normalized spacial score (nSPS) is 20.4. The zero-order valence-corrected chi connectivity index (χ0v) is 16.6. The lowest BCUT2D eigenvalue weighted by Crippen LogP contribution is -2.48. The lowest BCUT2D eigenvalue weighted by Gasteiger charge is -2.32. The maximum Gasteiger partial charge on any atom is 0.409 e. The first-order chi connectivity index (χ1) is 13.5. The SMILES string of the molecule is CCOC(=O)N1CCC(NC(=O)C2CC(=O)N(Cc3ccccc3C)C2)CC1. The van der Waals surface area contributed by atoms with Crippen LogP contribution in [0.4, 0.5) is 4.79 Å². The fourth-order valence-corrected chi connectivity index (χ4v) is 3.83. The second-order valence-electron chi connectivity index (χ2n) is 7.57. The van der Waals surface area contributed by atoms with Gasteiger partial charge in [0.15, 0.2) is 0 Å². The Hall–Kier alpha value is -2.57. The molecule has 0 saturated carbocycles. The van der Waals surface area contributed by atoms with E-state index in [-0.39, 0.29) is 36.3 Å². The Bertz CT molecular complexity index is 728. The molecule has 0 radical (unpaired) electrons. The molecule has 2 saturated heterocycles. The van der Waals surface area contributed by atoms with Crippen molar-refractivity contribution in [1.82, 2.24) is 15.1 Å². The van der Waals surface area contributed by atoms with Crippen molar-refractivity contribution in [3.8, 4) is 0 Å². The molecule has 2 aliphatic rings. The van der Waals surface area contributed by atoms with Crippen LogP contribution in [0, 0.1) is 12.8 Å². The first kappa shape index (κ1) is 20.2. The summed E-state index contributed by atoms with van der Waals surface area (Å²) in [5, 5.41) is 3.07. The van der Waals surface area contributed by atoms with Gasteiger partial charge in [0.1, 0.15) is 0 Å². The molecule has 7 heteroatoms. The Morgan fingerprint density at radius 1 is 1.21 bits per heavy atom. The molecule has 0 aliphatic carbocycles. The minimum Gasteiger partial charge on any atom is -0.450 e. The second kappa shape index (κ2) is 9.08. The van der Waals surface area contributed by atoms with Crippen molar-refractivity contribution in [2.45, 2.75) is 45.7 Å². The highest BCUT2D eigenvalue weighted by atomic mass is 16.6. The van der Waals surface area contributed by atoms with Gasteiger partial charge < -0.3 is 19.9 Å². The smallest absolute Gasteiger partial charge is 0.409 e. The van der Waals surface area contributed by atoms with Gasteiger partial charge in [0.2, 0.25) is 11.8 Å². The summed E-state index contributed by atoms with van der Waals surface area (Å²) in [6.07, 6.45) is 1.39. The van der Waals surface area contributed by atoms with Crippen molar-refractivity contribution in [1.29, 1.82) is 0 Å². The number of rotatable bonds is 5. The van der Waals surface area contributed by atoms with E-state index in [0.29, 0.717) is 45.6 Å². The number of ether oxygens (including phenoxy) is 1. The van der Waals surface area contributed by atoms with E-state index in [2.05, 4.69) is 5.32 Å². The number of carbonyl (C=O) groups excluding carboxylic acids is 3. The van der Waals surface area contributed by atoms with Crippen molar-refractivity contribution >= 4 is 17.9 Å². The first-order valence-corrected chi connectivity index (χ1v) is 10.0. The standard InChI is InChI=1S/C21H29N3O4/c1-3-28-21(27)23-10-8-18(9-11-23)22-20(26)17-12-19(25)24(14-17)13-16-7-5-4-6-15(16)2/h4-7,17-18H,3,8-14H2,1-2H3,(H,22,26). The molecular weight excluding hydrogens is 358 g/mol. The van der Waals surface area contributed by atoms with Crippen molar-refractivity contribution in [3.05, 3.63) is 35.4 Å². The van der Waals surface area contributed by atoms with Crippen LogP contribution < -0.4 is 5.32 Å². The summed E-state index contributed by atoms with van der Waals surface area (Å²) in [4.78, 5) is 40.2. The highest BCUT2D eigenvalue weighted by molar-refractivity contribution is 5.89. The van der Waals surface area contributed by atoms with Gasteiger partial charge >= 0.3 is 6.09 Å². The van der Waals surface area contributed by atoms with Crippen LogP contribution in [0.25, 0.3) is 0 Å². The number of hydrogen-bond donors (Lipinski definition) is 1. The molecule has 1 aromatic rings. The van der Waals surface area contributed by atoms with Gasteiger partial charge in [0, 0.05) is 38.6 Å². The predicted octanol–water partition coefficient (Wildman–Crippen LogP) is 2.08. The first-order valence-electron chi connectivity index (χ1n) is 10.0. The molecule has 2 aliphatic heterocycles. The maximum atomic E-state index is 12.6. The van der Waals surface area contributed by atoms with E-state index in [9.17, 15) is 14.4 Å². The second-order valence-corrected chi connectivity index (χ2v) is 7.57. The topological polar surface area (TPSA) is 79.0 Å². The van der Waals surface area contributed by atoms with Crippen molar-refractivity contribution in [2.75, 3.05) is 26.2 Å². The average molecular weight is 387 g/mol. The Kier molecular flexibility index (Phi) is 6.54. The maximum absolute atomic E-state index is 12.6. The molecule has 1 aromatic carbocycles. The van der Waals surface area contributed by atoms with Crippen molar-refractivity contribution in [2.24, 2.45) is 5.92 Å². The fraction of sp³-hybridized carbons (Fsp3) is 0.571. The van der Waals surface area contributed by atoms with Gasteiger partial charge in [-0.25, -0.2) is 4.79 Å². The number of aryl methyl sites for hydroxylation is 1. The van der Waals surface area contributed by atoms with E-state index in [4.69, 9.17) is 4.74 Å². The van der Waals surface area contributed by atoms with Crippen LogP contribution in [-0.4, -0.2) is 60.0 Å². The minimum absolute atomic E-state index is 0.0283. The van der Waals surface area contributed by atoms with Crippen molar-refractivity contribution < 1.29 is 19.1 Å². The quantitative estimate of drug-likeness (QED) is 0.839. The summed E-state index contributed by atoms with van der Waals surface area (Å²) in [7, 11) is 0. The lowest BCUT2D eigenvalue weighted by molar-refractivity contribution is -0.129. The molecule has 1 unspecified atom stereocenters. The number of nitrogens with one attached hydrogen (secondary N) is 1. The molecule has 28 heavy (non-hydrogen) atoms. The summed E-state index contributed by atoms with van der Waals surface area (Å²) >= 11 is 0. The van der Waals surface area contributed by atoms with Gasteiger partial charge in [0.05, 0.1) is 12.5 Å². The molecule has 0 spiro atoms. The van der Waals surface area contributed by atoms with E-state index >= 15 is 0 Å².